The molecule has 1 fully saturated rings. The molecule has 1 heterocycles. The summed E-state index contributed by atoms with van der Waals surface area (Å²) in [5.74, 6) is 0. The zero-order valence-electron chi connectivity index (χ0n) is 10.8. The Morgan fingerprint density at radius 3 is 2.88 bits per heavy atom. The maximum absolute atomic E-state index is 5.53. The van der Waals surface area contributed by atoms with Crippen LogP contribution < -0.4 is 5.73 Å². The molecule has 1 aromatic heterocycles. The van der Waals surface area contributed by atoms with E-state index < -0.39 is 0 Å². The van der Waals surface area contributed by atoms with Crippen molar-refractivity contribution in [2.45, 2.75) is 51.2 Å². The normalized spacial score (nSPS) is 17.8. The molecule has 0 aliphatic heterocycles. The third kappa shape index (κ3) is 3.54. The minimum absolute atomic E-state index is 0.675. The summed E-state index contributed by atoms with van der Waals surface area (Å²) in [7, 11) is 2.22. The first-order chi connectivity index (χ1) is 8.29. The number of nitrogens with zero attached hydrogens (tertiary/aromatic N) is 3. The Bertz CT molecular complexity index is 328. The van der Waals surface area contributed by atoms with Crippen LogP contribution in [0.5, 0.6) is 0 Å². The molecule has 4 nitrogen and oxygen atoms in total. The molecule has 1 aliphatic rings. The maximum Gasteiger partial charge on any atom is 0.0950 e. The Morgan fingerprint density at radius 2 is 2.18 bits per heavy atom. The monoisotopic (exact) mass is 236 g/mol. The van der Waals surface area contributed by atoms with Crippen LogP contribution in [-0.4, -0.2) is 34.1 Å². The van der Waals surface area contributed by atoms with Crippen LogP contribution in [-0.2, 0) is 13.1 Å². The first-order valence-corrected chi connectivity index (χ1v) is 6.70. The summed E-state index contributed by atoms with van der Waals surface area (Å²) in [6, 6.07) is 0.753. The Balaban J connectivity index is 1.85. The van der Waals surface area contributed by atoms with Gasteiger partial charge in [-0.2, -0.15) is 0 Å². The van der Waals surface area contributed by atoms with Gasteiger partial charge in [0, 0.05) is 31.9 Å². The lowest BCUT2D eigenvalue weighted by Crippen LogP contribution is -2.32. The third-order valence-electron chi connectivity index (χ3n) is 3.68. The van der Waals surface area contributed by atoms with Crippen LogP contribution in [0.1, 0.15) is 37.8 Å². The molecule has 2 N–H and O–H groups in total. The first-order valence-electron chi connectivity index (χ1n) is 6.70. The van der Waals surface area contributed by atoms with Gasteiger partial charge in [-0.25, -0.2) is 4.98 Å². The van der Waals surface area contributed by atoms with E-state index in [-0.39, 0.29) is 0 Å². The highest BCUT2D eigenvalue weighted by molar-refractivity contribution is 4.97. The number of hydrogen-bond acceptors (Lipinski definition) is 3. The molecule has 0 unspecified atom stereocenters. The molecule has 0 bridgehead atoms. The fourth-order valence-electron chi connectivity index (χ4n) is 2.67. The van der Waals surface area contributed by atoms with Gasteiger partial charge in [0.1, 0.15) is 0 Å². The summed E-state index contributed by atoms with van der Waals surface area (Å²) < 4.78 is 2.07. The summed E-state index contributed by atoms with van der Waals surface area (Å²) in [5, 5.41) is 0. The molecular weight excluding hydrogens is 212 g/mol. The van der Waals surface area contributed by atoms with Gasteiger partial charge in [-0.05, 0) is 19.9 Å². The van der Waals surface area contributed by atoms with Gasteiger partial charge in [0.15, 0.2) is 0 Å². The highest BCUT2D eigenvalue weighted by atomic mass is 15.1. The average molecular weight is 236 g/mol. The van der Waals surface area contributed by atoms with E-state index in [2.05, 4.69) is 27.7 Å². The average Bonchev–Trinajstić information content (AvgIpc) is 2.78. The number of nitrogens with two attached hydrogens (primary N) is 1. The van der Waals surface area contributed by atoms with Crippen molar-refractivity contribution in [3.05, 3.63) is 18.2 Å². The van der Waals surface area contributed by atoms with Gasteiger partial charge in [-0.3, -0.25) is 4.90 Å². The van der Waals surface area contributed by atoms with Crippen molar-refractivity contribution in [1.29, 1.82) is 0 Å². The van der Waals surface area contributed by atoms with Gasteiger partial charge >= 0.3 is 0 Å². The van der Waals surface area contributed by atoms with E-state index in [1.165, 1.54) is 32.1 Å². The molecule has 4 heteroatoms. The molecule has 0 saturated heterocycles. The van der Waals surface area contributed by atoms with Gasteiger partial charge < -0.3 is 10.3 Å². The molecule has 1 saturated carbocycles. The lowest BCUT2D eigenvalue weighted by Gasteiger charge is -2.30. The number of aromatic nitrogens is 2. The molecule has 17 heavy (non-hydrogen) atoms. The Morgan fingerprint density at radius 1 is 1.41 bits per heavy atom. The minimum Gasteiger partial charge on any atom is -0.336 e. The van der Waals surface area contributed by atoms with Gasteiger partial charge in [0.2, 0.25) is 0 Å². The van der Waals surface area contributed by atoms with Crippen LogP contribution in [0.15, 0.2) is 12.5 Å². The SMILES string of the molecule is CN(Cc1cn(CCN)cn1)C1CCCCC1. The summed E-state index contributed by atoms with van der Waals surface area (Å²) in [5.41, 5.74) is 6.69. The van der Waals surface area contributed by atoms with Crippen LogP contribution in [0.25, 0.3) is 0 Å². The predicted molar refractivity (Wildman–Crippen MR) is 69.6 cm³/mol. The molecule has 0 aromatic carbocycles. The van der Waals surface area contributed by atoms with Crippen molar-refractivity contribution in [3.63, 3.8) is 0 Å². The molecule has 1 aromatic rings. The molecule has 2 rings (SSSR count). The molecule has 96 valence electrons. The van der Waals surface area contributed by atoms with E-state index in [1.807, 2.05) is 6.33 Å². The zero-order valence-corrected chi connectivity index (χ0v) is 10.8. The van der Waals surface area contributed by atoms with Crippen molar-refractivity contribution >= 4 is 0 Å². The quantitative estimate of drug-likeness (QED) is 0.845. The highest BCUT2D eigenvalue weighted by Crippen LogP contribution is 2.22. The fraction of sp³-hybridized carbons (Fsp3) is 0.769. The van der Waals surface area contributed by atoms with Crippen LogP contribution in [0.2, 0.25) is 0 Å². The van der Waals surface area contributed by atoms with E-state index in [4.69, 9.17) is 5.73 Å². The van der Waals surface area contributed by atoms with Crippen LogP contribution in [0.4, 0.5) is 0 Å². The van der Waals surface area contributed by atoms with E-state index in [1.54, 1.807) is 0 Å². The summed E-state index contributed by atoms with van der Waals surface area (Å²) >= 11 is 0. The Hall–Kier alpha value is -0.870. The standard InChI is InChI=1S/C13H24N4/c1-16(13-5-3-2-4-6-13)9-12-10-17(8-7-14)11-15-12/h10-11,13H,2-9,14H2,1H3. The molecule has 1 aliphatic carbocycles. The maximum atomic E-state index is 5.53. The fourth-order valence-corrected chi connectivity index (χ4v) is 2.67. The second-order valence-electron chi connectivity index (χ2n) is 5.10. The topological polar surface area (TPSA) is 47.1 Å². The molecule has 0 atom stereocenters. The van der Waals surface area contributed by atoms with Crippen molar-refractivity contribution in [3.8, 4) is 0 Å². The second kappa shape index (κ2) is 6.17. The van der Waals surface area contributed by atoms with Crippen molar-refractivity contribution in [2.75, 3.05) is 13.6 Å². The smallest absolute Gasteiger partial charge is 0.0950 e. The predicted octanol–water partition coefficient (Wildman–Crippen LogP) is 1.61. The summed E-state index contributed by atoms with van der Waals surface area (Å²) in [4.78, 5) is 6.89. The summed E-state index contributed by atoms with van der Waals surface area (Å²) in [6.45, 7) is 2.50. The Labute approximate surface area is 104 Å². The van der Waals surface area contributed by atoms with Gasteiger partial charge in [-0.1, -0.05) is 19.3 Å². The lowest BCUT2D eigenvalue weighted by atomic mass is 9.94. The van der Waals surface area contributed by atoms with Crippen molar-refractivity contribution < 1.29 is 0 Å². The molecule has 0 amide bonds. The van der Waals surface area contributed by atoms with Gasteiger partial charge in [0.05, 0.1) is 12.0 Å². The van der Waals surface area contributed by atoms with Crippen LogP contribution >= 0.6 is 0 Å². The third-order valence-corrected chi connectivity index (χ3v) is 3.68. The lowest BCUT2D eigenvalue weighted by molar-refractivity contribution is 0.183. The first kappa shape index (κ1) is 12.6. The van der Waals surface area contributed by atoms with Gasteiger partial charge in [0.25, 0.3) is 0 Å². The summed E-state index contributed by atoms with van der Waals surface area (Å²) in [6.07, 6.45) is 10.9. The number of rotatable bonds is 5. The van der Waals surface area contributed by atoms with Crippen molar-refractivity contribution in [2.24, 2.45) is 5.73 Å². The number of imidazole rings is 1. The van der Waals surface area contributed by atoms with E-state index in [0.29, 0.717) is 6.54 Å². The molecular formula is C13H24N4. The van der Waals surface area contributed by atoms with Crippen molar-refractivity contribution in [1.82, 2.24) is 14.5 Å². The zero-order chi connectivity index (χ0) is 12.1. The van der Waals surface area contributed by atoms with Crippen LogP contribution in [0, 0.1) is 0 Å². The van der Waals surface area contributed by atoms with Gasteiger partial charge in [-0.15, -0.1) is 0 Å². The van der Waals surface area contributed by atoms with E-state index in [0.717, 1.165) is 24.8 Å². The molecule has 0 spiro atoms. The van der Waals surface area contributed by atoms with E-state index >= 15 is 0 Å². The molecule has 0 radical (unpaired) electrons. The Kier molecular flexibility index (Phi) is 4.57. The van der Waals surface area contributed by atoms with Crippen LogP contribution in [0.3, 0.4) is 0 Å². The minimum atomic E-state index is 0.675. The number of hydrogen-bond donors (Lipinski definition) is 1. The van der Waals surface area contributed by atoms with E-state index in [9.17, 15) is 0 Å². The largest absolute Gasteiger partial charge is 0.336 e. The highest BCUT2D eigenvalue weighted by Gasteiger charge is 2.18. The second-order valence-corrected chi connectivity index (χ2v) is 5.10.